The molecule has 2 aromatic heterocycles. The minimum absolute atomic E-state index is 0.182. The van der Waals surface area contributed by atoms with Gasteiger partial charge in [-0.2, -0.15) is 5.10 Å². The standard InChI is InChI=1S/C33H36N6O3/c1-23-2-4-24(5-3-23)21-39-22-29(18-35-39)32(41)36-30-17-31(33(42)34-19-30)28-15-26-7-6-25(14-27(26)16-28)20-38-10-8-37(9-11-38)12-13-40/h2-7,14,16-19,22,40H,8-13,15,20-21H2,1H3,(H,34,42)(H,36,41). The highest BCUT2D eigenvalue weighted by Gasteiger charge is 2.20. The number of anilines is 1. The highest BCUT2D eigenvalue weighted by Crippen LogP contribution is 2.32. The van der Waals surface area contributed by atoms with Crippen molar-refractivity contribution >= 4 is 23.2 Å². The van der Waals surface area contributed by atoms with Crippen molar-refractivity contribution in [3.63, 3.8) is 0 Å². The lowest BCUT2D eigenvalue weighted by atomic mass is 10.0. The first-order chi connectivity index (χ1) is 20.4. The highest BCUT2D eigenvalue weighted by atomic mass is 16.3. The molecule has 3 heterocycles. The Kier molecular flexibility index (Phi) is 8.14. The van der Waals surface area contributed by atoms with Gasteiger partial charge in [0, 0.05) is 57.2 Å². The number of aliphatic hydroxyl groups excluding tert-OH is 1. The molecule has 0 spiro atoms. The number of nitrogens with one attached hydrogen (secondary N) is 2. The minimum Gasteiger partial charge on any atom is -0.395 e. The monoisotopic (exact) mass is 564 g/mol. The molecule has 2 aromatic carbocycles. The van der Waals surface area contributed by atoms with Gasteiger partial charge in [0.15, 0.2) is 0 Å². The first-order valence-electron chi connectivity index (χ1n) is 14.4. The number of pyridine rings is 1. The predicted octanol–water partition coefficient (Wildman–Crippen LogP) is 3.39. The van der Waals surface area contributed by atoms with E-state index in [9.17, 15) is 14.7 Å². The molecule has 1 fully saturated rings. The van der Waals surface area contributed by atoms with Gasteiger partial charge in [-0.3, -0.25) is 24.1 Å². The second-order valence-electron chi connectivity index (χ2n) is 11.2. The molecule has 3 N–H and O–H groups in total. The van der Waals surface area contributed by atoms with Crippen LogP contribution >= 0.6 is 0 Å². The predicted molar refractivity (Wildman–Crippen MR) is 164 cm³/mol. The van der Waals surface area contributed by atoms with Gasteiger partial charge in [0.05, 0.1) is 30.6 Å². The molecule has 1 saturated heterocycles. The van der Waals surface area contributed by atoms with E-state index in [1.165, 1.54) is 22.9 Å². The van der Waals surface area contributed by atoms with Gasteiger partial charge in [0.1, 0.15) is 0 Å². The Morgan fingerprint density at radius 2 is 1.76 bits per heavy atom. The van der Waals surface area contributed by atoms with Gasteiger partial charge in [0.2, 0.25) is 0 Å². The number of hydrogen-bond acceptors (Lipinski definition) is 6. The van der Waals surface area contributed by atoms with E-state index in [0.717, 1.165) is 56.0 Å². The van der Waals surface area contributed by atoms with Crippen molar-refractivity contribution in [3.8, 4) is 0 Å². The number of piperazine rings is 1. The van der Waals surface area contributed by atoms with Gasteiger partial charge in [-0.1, -0.05) is 54.1 Å². The Bertz CT molecular complexity index is 1660. The number of benzene rings is 2. The summed E-state index contributed by atoms with van der Waals surface area (Å²) in [5.41, 5.74) is 8.16. The Balaban J connectivity index is 1.11. The molecular formula is C33H36N6O3. The lowest BCUT2D eigenvalue weighted by molar-refractivity contribution is 0.102. The molecule has 0 atom stereocenters. The number of carbonyl (C=O) groups excluding carboxylic acids is 1. The molecule has 1 aliphatic heterocycles. The van der Waals surface area contributed by atoms with Crippen LogP contribution in [0, 0.1) is 6.92 Å². The Morgan fingerprint density at radius 3 is 2.55 bits per heavy atom. The van der Waals surface area contributed by atoms with E-state index in [2.05, 4.69) is 73.7 Å². The van der Waals surface area contributed by atoms with Crippen LogP contribution in [0.5, 0.6) is 0 Å². The number of hydrogen-bond donors (Lipinski definition) is 3. The maximum Gasteiger partial charge on any atom is 0.258 e. The first-order valence-corrected chi connectivity index (χ1v) is 14.4. The number of aromatic amines is 1. The van der Waals surface area contributed by atoms with Crippen LogP contribution in [-0.2, 0) is 19.5 Å². The van der Waals surface area contributed by atoms with Gasteiger partial charge in [-0.05, 0) is 47.2 Å². The van der Waals surface area contributed by atoms with E-state index in [1.54, 1.807) is 23.1 Å². The van der Waals surface area contributed by atoms with Gasteiger partial charge < -0.3 is 15.4 Å². The number of aryl methyl sites for hydroxylation is 1. The van der Waals surface area contributed by atoms with Crippen molar-refractivity contribution < 1.29 is 9.90 Å². The van der Waals surface area contributed by atoms with E-state index in [0.29, 0.717) is 29.8 Å². The summed E-state index contributed by atoms with van der Waals surface area (Å²) in [6.07, 6.45) is 7.57. The van der Waals surface area contributed by atoms with Gasteiger partial charge in [0.25, 0.3) is 11.5 Å². The summed E-state index contributed by atoms with van der Waals surface area (Å²) >= 11 is 0. The van der Waals surface area contributed by atoms with Crippen molar-refractivity contribution in [2.45, 2.75) is 26.4 Å². The van der Waals surface area contributed by atoms with Crippen molar-refractivity contribution in [2.75, 3.05) is 44.6 Å². The molecule has 4 aromatic rings. The normalized spacial score (nSPS) is 15.4. The molecular weight excluding hydrogens is 528 g/mol. The first kappa shape index (κ1) is 27.8. The van der Waals surface area contributed by atoms with E-state index in [-0.39, 0.29) is 18.1 Å². The van der Waals surface area contributed by atoms with E-state index in [4.69, 9.17) is 0 Å². The molecule has 1 amide bonds. The number of rotatable bonds is 9. The third kappa shape index (κ3) is 6.44. The van der Waals surface area contributed by atoms with Gasteiger partial charge in [-0.15, -0.1) is 0 Å². The fourth-order valence-corrected chi connectivity index (χ4v) is 5.67. The number of aromatic nitrogens is 3. The number of amides is 1. The van der Waals surface area contributed by atoms with Crippen molar-refractivity contribution in [3.05, 3.63) is 116 Å². The second kappa shape index (κ2) is 12.3. The van der Waals surface area contributed by atoms with Crippen LogP contribution in [0.3, 0.4) is 0 Å². The zero-order chi connectivity index (χ0) is 29.1. The number of fused-ring (bicyclic) bond motifs is 1. The average Bonchev–Trinajstić information content (AvgIpc) is 3.63. The van der Waals surface area contributed by atoms with Crippen LogP contribution in [-0.4, -0.2) is 74.9 Å². The van der Waals surface area contributed by atoms with Crippen LogP contribution in [0.15, 0.2) is 71.9 Å². The molecule has 1 aliphatic carbocycles. The highest BCUT2D eigenvalue weighted by molar-refractivity contribution is 6.04. The SMILES string of the molecule is Cc1ccc(Cn2cc(C(=O)Nc3c[nH]c(=O)c(C4=Cc5cc(CN6CCN(CCO)CC6)ccc5C4)c3)cn2)cc1. The average molecular weight is 565 g/mol. The van der Waals surface area contributed by atoms with Crippen LogP contribution in [0.25, 0.3) is 11.6 Å². The summed E-state index contributed by atoms with van der Waals surface area (Å²) in [7, 11) is 0. The third-order valence-electron chi connectivity index (χ3n) is 8.08. The zero-order valence-electron chi connectivity index (χ0n) is 23.8. The lowest BCUT2D eigenvalue weighted by Crippen LogP contribution is -2.46. The summed E-state index contributed by atoms with van der Waals surface area (Å²) in [5.74, 6) is -0.284. The van der Waals surface area contributed by atoms with Crippen LogP contribution in [0.2, 0.25) is 0 Å². The molecule has 0 bridgehead atoms. The Morgan fingerprint density at radius 1 is 1.00 bits per heavy atom. The summed E-state index contributed by atoms with van der Waals surface area (Å²) < 4.78 is 1.74. The molecule has 2 aliphatic rings. The number of carbonyl (C=O) groups is 1. The molecule has 0 saturated carbocycles. The van der Waals surface area contributed by atoms with Crippen molar-refractivity contribution in [1.82, 2.24) is 24.6 Å². The van der Waals surface area contributed by atoms with Gasteiger partial charge >= 0.3 is 0 Å². The Hall–Kier alpha value is -4.31. The molecule has 216 valence electrons. The summed E-state index contributed by atoms with van der Waals surface area (Å²) in [6.45, 7) is 8.37. The van der Waals surface area contributed by atoms with Crippen LogP contribution in [0.4, 0.5) is 5.69 Å². The quantitative estimate of drug-likeness (QED) is 0.288. The number of H-pyrrole nitrogens is 1. The van der Waals surface area contributed by atoms with E-state index >= 15 is 0 Å². The number of aliphatic hydroxyl groups is 1. The maximum atomic E-state index is 13.0. The number of allylic oxidation sites excluding steroid dienone is 1. The fraction of sp³-hybridized carbons (Fsp3) is 0.303. The summed E-state index contributed by atoms with van der Waals surface area (Å²) in [5, 5.41) is 16.4. The fourth-order valence-electron chi connectivity index (χ4n) is 5.67. The van der Waals surface area contributed by atoms with Gasteiger partial charge in [-0.25, -0.2) is 0 Å². The minimum atomic E-state index is -0.284. The Labute approximate surface area is 245 Å². The molecule has 42 heavy (non-hydrogen) atoms. The third-order valence-corrected chi connectivity index (χ3v) is 8.08. The topological polar surface area (TPSA) is 106 Å². The maximum absolute atomic E-state index is 13.0. The number of β-amino-alcohol motifs (C(OH)–C–C–N with tert-alkyl or cyclic N) is 1. The van der Waals surface area contributed by atoms with Crippen LogP contribution < -0.4 is 10.9 Å². The summed E-state index contributed by atoms with van der Waals surface area (Å²) in [4.78, 5) is 33.3. The largest absolute Gasteiger partial charge is 0.395 e. The lowest BCUT2D eigenvalue weighted by Gasteiger charge is -2.34. The summed E-state index contributed by atoms with van der Waals surface area (Å²) in [6, 6.07) is 16.5. The zero-order valence-corrected chi connectivity index (χ0v) is 23.8. The molecule has 6 rings (SSSR count). The smallest absolute Gasteiger partial charge is 0.258 e. The molecule has 9 heteroatoms. The van der Waals surface area contributed by atoms with Crippen molar-refractivity contribution in [1.29, 1.82) is 0 Å². The van der Waals surface area contributed by atoms with E-state index < -0.39 is 0 Å². The second-order valence-corrected chi connectivity index (χ2v) is 11.2. The van der Waals surface area contributed by atoms with Crippen LogP contribution in [0.1, 0.15) is 43.7 Å². The molecule has 9 nitrogen and oxygen atoms in total. The number of nitrogens with zero attached hydrogens (tertiary/aromatic N) is 4. The van der Waals surface area contributed by atoms with Crippen molar-refractivity contribution in [2.24, 2.45) is 0 Å². The molecule has 0 unspecified atom stereocenters. The van der Waals surface area contributed by atoms with E-state index in [1.807, 2.05) is 6.92 Å². The molecule has 0 radical (unpaired) electrons.